The highest BCUT2D eigenvalue weighted by molar-refractivity contribution is 5.15. The molecule has 2 aliphatic carbocycles. The molecule has 3 N–H and O–H groups in total. The molecule has 1 heterocycles. The van der Waals surface area contributed by atoms with Gasteiger partial charge in [-0.3, -0.25) is 4.68 Å². The summed E-state index contributed by atoms with van der Waals surface area (Å²) < 4.78 is 1.59. The Bertz CT molecular complexity index is 443. The van der Waals surface area contributed by atoms with Crippen LogP contribution in [0, 0.1) is 11.8 Å². The van der Waals surface area contributed by atoms with Gasteiger partial charge in [-0.2, -0.15) is 5.10 Å². The molecular formula is C14H22N2O3. The van der Waals surface area contributed by atoms with E-state index in [1.54, 1.807) is 24.1 Å². The topological polar surface area (TPSA) is 78.5 Å². The average Bonchev–Trinajstić information content (AvgIpc) is 2.85. The molecule has 2 bridgehead atoms. The van der Waals surface area contributed by atoms with Gasteiger partial charge in [0, 0.05) is 18.8 Å². The van der Waals surface area contributed by atoms with E-state index in [1.165, 1.54) is 0 Å². The van der Waals surface area contributed by atoms with Gasteiger partial charge in [-0.25, -0.2) is 0 Å². The van der Waals surface area contributed by atoms with Crippen molar-refractivity contribution < 1.29 is 15.3 Å². The van der Waals surface area contributed by atoms with Gasteiger partial charge in [0.05, 0.1) is 11.8 Å². The van der Waals surface area contributed by atoms with E-state index in [1.807, 2.05) is 0 Å². The van der Waals surface area contributed by atoms with E-state index in [0.717, 1.165) is 32.1 Å². The van der Waals surface area contributed by atoms with Gasteiger partial charge in [0.25, 0.3) is 0 Å². The summed E-state index contributed by atoms with van der Waals surface area (Å²) in [6, 6.07) is 0. The van der Waals surface area contributed by atoms with E-state index < -0.39 is 17.8 Å². The second-order valence-electron chi connectivity index (χ2n) is 6.13. The predicted molar refractivity (Wildman–Crippen MR) is 69.2 cm³/mol. The van der Waals surface area contributed by atoms with Gasteiger partial charge in [-0.1, -0.05) is 6.42 Å². The first-order valence-electron chi connectivity index (χ1n) is 7.10. The summed E-state index contributed by atoms with van der Waals surface area (Å²) >= 11 is 0. The number of aromatic nitrogens is 2. The molecule has 2 unspecified atom stereocenters. The monoisotopic (exact) mass is 266 g/mol. The molecule has 0 spiro atoms. The Hall–Kier alpha value is -0.910. The zero-order valence-electron chi connectivity index (χ0n) is 11.2. The van der Waals surface area contributed by atoms with Gasteiger partial charge in [-0.15, -0.1) is 0 Å². The van der Waals surface area contributed by atoms with Gasteiger partial charge in [0.2, 0.25) is 0 Å². The molecule has 5 heteroatoms. The zero-order chi connectivity index (χ0) is 13.6. The number of aryl methyl sites for hydroxylation is 1. The van der Waals surface area contributed by atoms with Crippen molar-refractivity contribution in [1.29, 1.82) is 0 Å². The largest absolute Gasteiger partial charge is 0.387 e. The van der Waals surface area contributed by atoms with Crippen molar-refractivity contribution in [3.8, 4) is 0 Å². The fourth-order valence-electron chi connectivity index (χ4n) is 4.07. The lowest BCUT2D eigenvalue weighted by Crippen LogP contribution is -2.54. The summed E-state index contributed by atoms with van der Waals surface area (Å²) in [5, 5.41) is 35.8. The van der Waals surface area contributed by atoms with Crippen molar-refractivity contribution in [3.05, 3.63) is 18.0 Å². The van der Waals surface area contributed by atoms with Crippen LogP contribution >= 0.6 is 0 Å². The molecule has 1 aromatic heterocycles. The molecule has 2 aliphatic rings. The summed E-state index contributed by atoms with van der Waals surface area (Å²) in [7, 11) is 1.77. The van der Waals surface area contributed by atoms with Crippen LogP contribution in [0.25, 0.3) is 0 Å². The molecule has 106 valence electrons. The summed E-state index contributed by atoms with van der Waals surface area (Å²) in [6.07, 6.45) is 5.95. The molecule has 0 aliphatic heterocycles. The normalized spacial score (nSPS) is 37.3. The third-order valence-corrected chi connectivity index (χ3v) is 5.12. The van der Waals surface area contributed by atoms with E-state index in [4.69, 9.17) is 0 Å². The molecule has 0 amide bonds. The number of hydrogen-bond donors (Lipinski definition) is 3. The van der Waals surface area contributed by atoms with Crippen molar-refractivity contribution in [3.63, 3.8) is 0 Å². The van der Waals surface area contributed by atoms with Gasteiger partial charge >= 0.3 is 0 Å². The average molecular weight is 266 g/mol. The minimum atomic E-state index is -1.13. The van der Waals surface area contributed by atoms with Gasteiger partial charge in [0.1, 0.15) is 12.2 Å². The summed E-state index contributed by atoms with van der Waals surface area (Å²) in [6.45, 7) is 0. The lowest BCUT2D eigenvalue weighted by molar-refractivity contribution is -0.178. The number of hydrogen-bond acceptors (Lipinski definition) is 4. The van der Waals surface area contributed by atoms with Crippen LogP contribution in [0.2, 0.25) is 0 Å². The maximum Gasteiger partial charge on any atom is 0.113 e. The first-order valence-corrected chi connectivity index (χ1v) is 7.10. The fraction of sp³-hybridized carbons (Fsp3) is 0.786. The van der Waals surface area contributed by atoms with Crippen LogP contribution in [0.4, 0.5) is 0 Å². The van der Waals surface area contributed by atoms with Crippen molar-refractivity contribution in [2.75, 3.05) is 0 Å². The Morgan fingerprint density at radius 2 is 1.89 bits per heavy atom. The Kier molecular flexibility index (Phi) is 3.15. The summed E-state index contributed by atoms with van der Waals surface area (Å²) in [5.74, 6) is 0.236. The van der Waals surface area contributed by atoms with E-state index >= 15 is 0 Å². The minimum Gasteiger partial charge on any atom is -0.387 e. The highest BCUT2D eigenvalue weighted by atomic mass is 16.4. The number of aliphatic hydroxyl groups excluding tert-OH is 2. The van der Waals surface area contributed by atoms with E-state index in [2.05, 4.69) is 5.10 Å². The Morgan fingerprint density at radius 1 is 1.26 bits per heavy atom. The van der Waals surface area contributed by atoms with E-state index in [-0.39, 0.29) is 11.8 Å². The van der Waals surface area contributed by atoms with E-state index in [9.17, 15) is 15.3 Å². The van der Waals surface area contributed by atoms with Crippen LogP contribution in [-0.2, 0) is 7.05 Å². The van der Waals surface area contributed by atoms with Gasteiger partial charge in [0.15, 0.2) is 0 Å². The number of rotatable bonds is 3. The molecular weight excluding hydrogens is 244 g/mol. The standard InChI is InChI=1S/C14H22N2O3/c1-16-8-9(7-15-16)12(17)13(18)14(19)10-3-2-4-11(14)6-5-10/h7-8,10-13,17-19H,2-6H2,1H3/t10-,11+,12?,13?,14+. The van der Waals surface area contributed by atoms with Crippen molar-refractivity contribution in [1.82, 2.24) is 9.78 Å². The van der Waals surface area contributed by atoms with Crippen molar-refractivity contribution in [2.24, 2.45) is 18.9 Å². The Labute approximate surface area is 112 Å². The smallest absolute Gasteiger partial charge is 0.113 e. The van der Waals surface area contributed by atoms with E-state index in [0.29, 0.717) is 5.56 Å². The molecule has 0 aromatic carbocycles. The molecule has 5 nitrogen and oxygen atoms in total. The minimum absolute atomic E-state index is 0.118. The number of aliphatic hydroxyl groups is 3. The lowest BCUT2D eigenvalue weighted by atomic mass is 9.69. The molecule has 1 aromatic rings. The quantitative estimate of drug-likeness (QED) is 0.754. The summed E-state index contributed by atoms with van der Waals surface area (Å²) in [5.41, 5.74) is -0.568. The number of fused-ring (bicyclic) bond motifs is 2. The van der Waals surface area contributed by atoms with Crippen molar-refractivity contribution >= 4 is 0 Å². The highest BCUT2D eigenvalue weighted by Gasteiger charge is 2.56. The predicted octanol–water partition coefficient (Wildman–Crippen LogP) is 0.756. The molecule has 0 radical (unpaired) electrons. The second-order valence-corrected chi connectivity index (χ2v) is 6.13. The highest BCUT2D eigenvalue weighted by Crippen LogP contribution is 2.52. The van der Waals surface area contributed by atoms with Crippen LogP contribution in [0.15, 0.2) is 12.4 Å². The van der Waals surface area contributed by atoms with Crippen molar-refractivity contribution in [2.45, 2.75) is 49.9 Å². The first kappa shape index (κ1) is 13.1. The van der Waals surface area contributed by atoms with Crippen LogP contribution in [0.1, 0.15) is 43.8 Å². The SMILES string of the molecule is Cn1cc(C(O)C(O)[C@]2(O)[C@@H]3CCC[C@H]2CC3)cn1. The molecule has 2 fully saturated rings. The summed E-state index contributed by atoms with van der Waals surface area (Å²) in [4.78, 5) is 0. The Morgan fingerprint density at radius 3 is 2.42 bits per heavy atom. The zero-order valence-corrected chi connectivity index (χ0v) is 11.2. The molecule has 19 heavy (non-hydrogen) atoms. The fourth-order valence-corrected chi connectivity index (χ4v) is 4.07. The number of nitrogens with zero attached hydrogens (tertiary/aromatic N) is 2. The third-order valence-electron chi connectivity index (χ3n) is 5.12. The third kappa shape index (κ3) is 1.91. The maximum absolute atomic E-state index is 10.9. The van der Waals surface area contributed by atoms with Gasteiger partial charge in [-0.05, 0) is 37.5 Å². The van der Waals surface area contributed by atoms with Crippen LogP contribution in [-0.4, -0.2) is 36.8 Å². The molecule has 3 rings (SSSR count). The first-order chi connectivity index (χ1) is 9.03. The second kappa shape index (κ2) is 4.58. The lowest BCUT2D eigenvalue weighted by Gasteiger charge is -2.44. The molecule has 2 saturated carbocycles. The maximum atomic E-state index is 10.9. The van der Waals surface area contributed by atoms with Crippen LogP contribution in [0.5, 0.6) is 0 Å². The van der Waals surface area contributed by atoms with Crippen LogP contribution < -0.4 is 0 Å². The molecule has 5 atom stereocenters. The van der Waals surface area contributed by atoms with Gasteiger partial charge < -0.3 is 15.3 Å². The Balaban J connectivity index is 1.85. The molecule has 0 saturated heterocycles. The van der Waals surface area contributed by atoms with Crippen LogP contribution in [0.3, 0.4) is 0 Å².